The summed E-state index contributed by atoms with van der Waals surface area (Å²) >= 11 is 0. The van der Waals surface area contributed by atoms with Crippen LogP contribution in [0.25, 0.3) is 16.8 Å². The quantitative estimate of drug-likeness (QED) is 0.247. The van der Waals surface area contributed by atoms with Crippen molar-refractivity contribution in [2.24, 2.45) is 5.92 Å². The van der Waals surface area contributed by atoms with Gasteiger partial charge in [0.25, 0.3) is 5.91 Å². The Bertz CT molecular complexity index is 1410. The van der Waals surface area contributed by atoms with E-state index >= 15 is 0 Å². The summed E-state index contributed by atoms with van der Waals surface area (Å²) in [4.78, 5) is 42.4. The van der Waals surface area contributed by atoms with Gasteiger partial charge in [0.1, 0.15) is 17.7 Å². The van der Waals surface area contributed by atoms with Gasteiger partial charge in [-0.2, -0.15) is 0 Å². The maximum atomic E-state index is 14.2. The number of hydrogen-bond acceptors (Lipinski definition) is 4. The van der Waals surface area contributed by atoms with Gasteiger partial charge in [0.05, 0.1) is 0 Å². The van der Waals surface area contributed by atoms with Crippen LogP contribution in [0.5, 0.6) is 0 Å². The van der Waals surface area contributed by atoms with Crippen LogP contribution in [0.4, 0.5) is 10.5 Å². The molecule has 2 unspecified atom stereocenters. The molecule has 0 heterocycles. The second-order valence-corrected chi connectivity index (χ2v) is 11.4. The molecule has 0 fully saturated rings. The van der Waals surface area contributed by atoms with Crippen LogP contribution in [-0.4, -0.2) is 41.0 Å². The predicted molar refractivity (Wildman–Crippen MR) is 166 cm³/mol. The summed E-state index contributed by atoms with van der Waals surface area (Å²) < 4.78 is 5.45. The van der Waals surface area contributed by atoms with E-state index in [-0.39, 0.29) is 12.5 Å². The van der Waals surface area contributed by atoms with E-state index in [9.17, 15) is 14.4 Å². The van der Waals surface area contributed by atoms with E-state index in [1.54, 1.807) is 39.0 Å². The fourth-order valence-corrected chi connectivity index (χ4v) is 4.61. The van der Waals surface area contributed by atoms with E-state index in [0.29, 0.717) is 17.7 Å². The third-order valence-electron chi connectivity index (χ3n) is 6.34. The smallest absolute Gasteiger partial charge is 0.408 e. The first-order valence-corrected chi connectivity index (χ1v) is 13.8. The van der Waals surface area contributed by atoms with Gasteiger partial charge in [0.2, 0.25) is 5.91 Å². The topological polar surface area (TPSA) is 87.7 Å². The number of nitrogens with one attached hydrogen (secondary N) is 2. The minimum atomic E-state index is -1.01. The lowest BCUT2D eigenvalue weighted by atomic mass is 9.98. The Morgan fingerprint density at radius 3 is 2.29 bits per heavy atom. The lowest BCUT2D eigenvalue weighted by Crippen LogP contribution is -2.52. The van der Waals surface area contributed by atoms with Gasteiger partial charge < -0.3 is 20.3 Å². The highest BCUT2D eigenvalue weighted by molar-refractivity contribution is 6.00. The van der Waals surface area contributed by atoms with Crippen molar-refractivity contribution >= 4 is 40.4 Å². The number of carbonyl (C=O) groups is 3. The maximum Gasteiger partial charge on any atom is 0.408 e. The van der Waals surface area contributed by atoms with Gasteiger partial charge in [-0.3, -0.25) is 9.59 Å². The van der Waals surface area contributed by atoms with Gasteiger partial charge in [0.15, 0.2) is 0 Å². The number of amides is 3. The summed E-state index contributed by atoms with van der Waals surface area (Å²) in [5.41, 5.74) is 1.29. The number of benzene rings is 3. The Labute approximate surface area is 243 Å². The fraction of sp³-hybridized carbons (Fsp3) is 0.324. The first-order chi connectivity index (χ1) is 19.4. The predicted octanol–water partition coefficient (Wildman–Crippen LogP) is 7.12. The van der Waals surface area contributed by atoms with E-state index in [1.165, 1.54) is 4.90 Å². The van der Waals surface area contributed by atoms with Crippen molar-refractivity contribution in [2.45, 2.75) is 58.7 Å². The largest absolute Gasteiger partial charge is 0.444 e. The zero-order valence-corrected chi connectivity index (χ0v) is 24.6. The summed E-state index contributed by atoms with van der Waals surface area (Å²) in [5.74, 6) is -0.720. The molecule has 3 amide bonds. The summed E-state index contributed by atoms with van der Waals surface area (Å²) in [6.07, 6.45) is 2.93. The average Bonchev–Trinajstić information content (AvgIpc) is 2.90. The Morgan fingerprint density at radius 2 is 1.66 bits per heavy atom. The van der Waals surface area contributed by atoms with E-state index in [1.807, 2.05) is 74.5 Å². The number of ether oxygens (including phenoxy) is 1. The van der Waals surface area contributed by atoms with Gasteiger partial charge in [-0.1, -0.05) is 81.1 Å². The first kappa shape index (κ1) is 31.1. The number of anilines is 1. The highest BCUT2D eigenvalue weighted by Gasteiger charge is 2.36. The molecule has 0 saturated heterocycles. The van der Waals surface area contributed by atoms with Crippen molar-refractivity contribution in [3.8, 4) is 0 Å². The number of nitrogens with zero attached hydrogens (tertiary/aromatic N) is 1. The van der Waals surface area contributed by atoms with Crippen molar-refractivity contribution < 1.29 is 19.1 Å². The zero-order chi connectivity index (χ0) is 30.2. The highest BCUT2D eigenvalue weighted by Crippen LogP contribution is 2.27. The second-order valence-electron chi connectivity index (χ2n) is 11.4. The Kier molecular flexibility index (Phi) is 10.5. The SMILES string of the molecule is C=CCN(C(=O)C(CC(C)C)NC(=O)OC(C)(C)C)C(C(=O)Nc1ccc2ccccc2c1)c1cccc(C=C)c1. The van der Waals surface area contributed by atoms with Crippen LogP contribution in [-0.2, 0) is 14.3 Å². The lowest BCUT2D eigenvalue weighted by molar-refractivity contribution is -0.140. The molecule has 0 radical (unpaired) electrons. The second kappa shape index (κ2) is 13.8. The summed E-state index contributed by atoms with van der Waals surface area (Å²) in [6, 6.07) is 19.0. The number of hydrogen-bond donors (Lipinski definition) is 2. The Morgan fingerprint density at radius 1 is 0.951 bits per heavy atom. The molecular weight excluding hydrogens is 514 g/mol. The molecule has 0 aromatic heterocycles. The molecule has 0 aliphatic heterocycles. The van der Waals surface area contributed by atoms with E-state index < -0.39 is 35.6 Å². The number of carbonyl (C=O) groups excluding carboxylic acids is 3. The molecule has 0 aliphatic carbocycles. The number of rotatable bonds is 11. The monoisotopic (exact) mass is 555 g/mol. The van der Waals surface area contributed by atoms with Crippen LogP contribution in [0.3, 0.4) is 0 Å². The fourth-order valence-electron chi connectivity index (χ4n) is 4.61. The molecule has 7 nitrogen and oxygen atoms in total. The van der Waals surface area contributed by atoms with Crippen LogP contribution in [0, 0.1) is 5.92 Å². The molecular formula is C34H41N3O4. The Hall–Kier alpha value is -4.39. The van der Waals surface area contributed by atoms with Crippen LogP contribution in [0.1, 0.15) is 58.2 Å². The van der Waals surface area contributed by atoms with Crippen molar-refractivity contribution in [1.29, 1.82) is 0 Å². The Balaban J connectivity index is 2.03. The standard InChI is InChI=1S/C34H41N3O4/c1-8-19-37(32(39)29(20-23(3)4)36-33(40)41-34(5,6)7)30(27-16-12-13-24(9-2)21-27)31(38)35-28-18-17-25-14-10-11-15-26(25)22-28/h8-18,21-23,29-30H,1-2,19-20H2,3-7H3,(H,35,38)(H,36,40). The summed E-state index contributed by atoms with van der Waals surface area (Å²) in [7, 11) is 0. The van der Waals surface area contributed by atoms with Gasteiger partial charge in [-0.15, -0.1) is 6.58 Å². The zero-order valence-electron chi connectivity index (χ0n) is 24.6. The molecule has 3 rings (SSSR count). The molecule has 2 N–H and O–H groups in total. The van der Waals surface area contributed by atoms with Crippen LogP contribution in [0.15, 0.2) is 86.0 Å². The van der Waals surface area contributed by atoms with Crippen molar-refractivity contribution in [3.05, 3.63) is 97.1 Å². The summed E-state index contributed by atoms with van der Waals surface area (Å²) in [6.45, 7) is 17.0. The van der Waals surface area contributed by atoms with Crippen LogP contribution >= 0.6 is 0 Å². The normalized spacial score (nSPS) is 12.7. The third-order valence-corrected chi connectivity index (χ3v) is 6.34. The first-order valence-electron chi connectivity index (χ1n) is 13.8. The molecule has 7 heteroatoms. The van der Waals surface area contributed by atoms with Crippen molar-refractivity contribution in [1.82, 2.24) is 10.2 Å². The molecule has 2 atom stereocenters. The molecule has 0 aliphatic rings. The van der Waals surface area contributed by atoms with Crippen LogP contribution < -0.4 is 10.6 Å². The highest BCUT2D eigenvalue weighted by atomic mass is 16.6. The lowest BCUT2D eigenvalue weighted by Gasteiger charge is -2.34. The van der Waals surface area contributed by atoms with Gasteiger partial charge in [-0.05, 0) is 73.2 Å². The van der Waals surface area contributed by atoms with Gasteiger partial charge in [0, 0.05) is 12.2 Å². The number of alkyl carbamates (subject to hydrolysis) is 1. The molecule has 3 aromatic rings. The maximum absolute atomic E-state index is 14.2. The minimum Gasteiger partial charge on any atom is -0.444 e. The van der Waals surface area contributed by atoms with Crippen molar-refractivity contribution in [2.75, 3.05) is 11.9 Å². The molecule has 0 saturated carbocycles. The van der Waals surface area contributed by atoms with E-state index in [2.05, 4.69) is 23.8 Å². The molecule has 3 aromatic carbocycles. The molecule has 0 spiro atoms. The third kappa shape index (κ3) is 8.80. The molecule has 41 heavy (non-hydrogen) atoms. The number of fused-ring (bicyclic) bond motifs is 1. The molecule has 216 valence electrons. The van der Waals surface area contributed by atoms with E-state index in [0.717, 1.165) is 16.3 Å². The van der Waals surface area contributed by atoms with Crippen molar-refractivity contribution in [3.63, 3.8) is 0 Å². The van der Waals surface area contributed by atoms with E-state index in [4.69, 9.17) is 4.74 Å². The van der Waals surface area contributed by atoms with Gasteiger partial charge >= 0.3 is 6.09 Å². The average molecular weight is 556 g/mol. The van der Waals surface area contributed by atoms with Gasteiger partial charge in [-0.25, -0.2) is 4.79 Å². The molecule has 0 bridgehead atoms. The minimum absolute atomic E-state index is 0.0809. The van der Waals surface area contributed by atoms with Crippen LogP contribution in [0.2, 0.25) is 0 Å². The summed E-state index contributed by atoms with van der Waals surface area (Å²) in [5, 5.41) is 7.79.